The molecule has 0 aliphatic carbocycles. The van der Waals surface area contributed by atoms with E-state index in [9.17, 15) is 4.39 Å². The Hall–Kier alpha value is -1.94. The van der Waals surface area contributed by atoms with Crippen molar-refractivity contribution >= 4 is 0 Å². The molecular formula is C13H13FN2O. The highest BCUT2D eigenvalue weighted by Gasteiger charge is 2.02. The van der Waals surface area contributed by atoms with E-state index in [2.05, 4.69) is 10.3 Å². The second-order valence-corrected chi connectivity index (χ2v) is 3.62. The van der Waals surface area contributed by atoms with Gasteiger partial charge >= 0.3 is 0 Å². The largest absolute Gasteiger partial charge is 0.456 e. The molecule has 1 N–H and O–H groups in total. The van der Waals surface area contributed by atoms with E-state index >= 15 is 0 Å². The van der Waals surface area contributed by atoms with Gasteiger partial charge in [-0.1, -0.05) is 0 Å². The first-order chi connectivity index (χ1) is 8.28. The molecule has 0 atom stereocenters. The minimum Gasteiger partial charge on any atom is -0.456 e. The van der Waals surface area contributed by atoms with Crippen LogP contribution >= 0.6 is 0 Å². The minimum atomic E-state index is -0.309. The summed E-state index contributed by atoms with van der Waals surface area (Å²) in [5.74, 6) is 0.758. The number of nitrogens with one attached hydrogen (secondary N) is 1. The molecule has 0 spiro atoms. The molecule has 88 valence electrons. The van der Waals surface area contributed by atoms with Crippen LogP contribution in [0.25, 0.3) is 0 Å². The van der Waals surface area contributed by atoms with Crippen molar-refractivity contribution < 1.29 is 9.13 Å². The van der Waals surface area contributed by atoms with Crippen LogP contribution in [0.2, 0.25) is 0 Å². The van der Waals surface area contributed by atoms with Gasteiger partial charge in [-0.15, -0.1) is 0 Å². The first-order valence-corrected chi connectivity index (χ1v) is 5.30. The van der Waals surface area contributed by atoms with E-state index in [1.54, 1.807) is 30.6 Å². The SMILES string of the molecule is CNCc1cc(F)cc(Oc2cccnc2)c1. The highest BCUT2D eigenvalue weighted by molar-refractivity contribution is 5.33. The van der Waals surface area contributed by atoms with Crippen molar-refractivity contribution in [2.45, 2.75) is 6.54 Å². The monoisotopic (exact) mass is 232 g/mol. The summed E-state index contributed by atoms with van der Waals surface area (Å²) in [5, 5.41) is 2.97. The quantitative estimate of drug-likeness (QED) is 0.880. The molecule has 2 rings (SSSR count). The Morgan fingerprint density at radius 2 is 2.18 bits per heavy atom. The average molecular weight is 232 g/mol. The minimum absolute atomic E-state index is 0.309. The molecule has 0 unspecified atom stereocenters. The molecule has 0 amide bonds. The summed E-state index contributed by atoms with van der Waals surface area (Å²) >= 11 is 0. The third kappa shape index (κ3) is 3.26. The number of hydrogen-bond acceptors (Lipinski definition) is 3. The molecule has 1 aromatic heterocycles. The molecule has 0 saturated carbocycles. The van der Waals surface area contributed by atoms with Crippen LogP contribution in [0, 0.1) is 5.82 Å². The predicted molar refractivity (Wildman–Crippen MR) is 63.5 cm³/mol. The fourth-order valence-corrected chi connectivity index (χ4v) is 1.53. The Balaban J connectivity index is 2.21. The number of aromatic nitrogens is 1. The molecule has 1 aromatic carbocycles. The zero-order chi connectivity index (χ0) is 12.1. The third-order valence-electron chi connectivity index (χ3n) is 2.18. The maximum Gasteiger partial charge on any atom is 0.145 e. The maximum atomic E-state index is 13.3. The normalized spacial score (nSPS) is 10.2. The summed E-state index contributed by atoms with van der Waals surface area (Å²) in [5.41, 5.74) is 0.839. The first kappa shape index (κ1) is 11.5. The third-order valence-corrected chi connectivity index (χ3v) is 2.18. The first-order valence-electron chi connectivity index (χ1n) is 5.30. The van der Waals surface area contributed by atoms with Gasteiger partial charge in [0.25, 0.3) is 0 Å². The molecule has 0 aliphatic heterocycles. The van der Waals surface area contributed by atoms with Crippen LogP contribution in [0.1, 0.15) is 5.56 Å². The molecule has 0 saturated heterocycles. The van der Waals surface area contributed by atoms with Gasteiger partial charge in [0.2, 0.25) is 0 Å². The van der Waals surface area contributed by atoms with E-state index in [0.717, 1.165) is 5.56 Å². The summed E-state index contributed by atoms with van der Waals surface area (Å²) in [6.07, 6.45) is 3.24. The van der Waals surface area contributed by atoms with Gasteiger partial charge in [-0.05, 0) is 36.9 Å². The Morgan fingerprint density at radius 3 is 2.88 bits per heavy atom. The maximum absolute atomic E-state index is 13.3. The lowest BCUT2D eigenvalue weighted by molar-refractivity contribution is 0.473. The fraction of sp³-hybridized carbons (Fsp3) is 0.154. The van der Waals surface area contributed by atoms with Crippen LogP contribution in [0.3, 0.4) is 0 Å². The van der Waals surface area contributed by atoms with Gasteiger partial charge in [0.1, 0.15) is 17.3 Å². The summed E-state index contributed by atoms with van der Waals surface area (Å²) < 4.78 is 18.8. The lowest BCUT2D eigenvalue weighted by Crippen LogP contribution is -2.05. The van der Waals surface area contributed by atoms with Gasteiger partial charge in [-0.3, -0.25) is 4.98 Å². The molecule has 17 heavy (non-hydrogen) atoms. The number of nitrogens with zero attached hydrogens (tertiary/aromatic N) is 1. The summed E-state index contributed by atoms with van der Waals surface area (Å²) in [6.45, 7) is 0.598. The second-order valence-electron chi connectivity index (χ2n) is 3.62. The van der Waals surface area contributed by atoms with Crippen LogP contribution < -0.4 is 10.1 Å². The van der Waals surface area contributed by atoms with Crippen molar-refractivity contribution in [1.29, 1.82) is 0 Å². The van der Waals surface area contributed by atoms with E-state index in [-0.39, 0.29) is 5.82 Å². The van der Waals surface area contributed by atoms with Crippen LogP contribution in [0.4, 0.5) is 4.39 Å². The molecule has 0 fully saturated rings. The smallest absolute Gasteiger partial charge is 0.145 e. The highest BCUT2D eigenvalue weighted by Crippen LogP contribution is 2.22. The van der Waals surface area contributed by atoms with Crippen molar-refractivity contribution in [3.05, 3.63) is 54.1 Å². The molecule has 3 nitrogen and oxygen atoms in total. The van der Waals surface area contributed by atoms with Crippen LogP contribution in [0.5, 0.6) is 11.5 Å². The lowest BCUT2D eigenvalue weighted by Gasteiger charge is -2.07. The van der Waals surface area contributed by atoms with Crippen LogP contribution in [-0.4, -0.2) is 12.0 Å². The number of rotatable bonds is 4. The van der Waals surface area contributed by atoms with Crippen molar-refractivity contribution in [1.82, 2.24) is 10.3 Å². The van der Waals surface area contributed by atoms with Crippen LogP contribution in [-0.2, 0) is 6.54 Å². The van der Waals surface area contributed by atoms with E-state index in [1.165, 1.54) is 12.1 Å². The van der Waals surface area contributed by atoms with Gasteiger partial charge in [-0.2, -0.15) is 0 Å². The molecule has 0 bridgehead atoms. The van der Waals surface area contributed by atoms with Gasteiger partial charge < -0.3 is 10.1 Å². The number of halogens is 1. The number of pyridine rings is 1. The molecule has 1 heterocycles. The van der Waals surface area contributed by atoms with Crippen molar-refractivity contribution in [2.75, 3.05) is 7.05 Å². The Kier molecular flexibility index (Phi) is 3.67. The van der Waals surface area contributed by atoms with Crippen LogP contribution in [0.15, 0.2) is 42.7 Å². The zero-order valence-electron chi connectivity index (χ0n) is 9.48. The molecule has 0 aliphatic rings. The van der Waals surface area contributed by atoms with Gasteiger partial charge in [0.15, 0.2) is 0 Å². The van der Waals surface area contributed by atoms with Gasteiger partial charge in [0, 0.05) is 18.8 Å². The van der Waals surface area contributed by atoms with Gasteiger partial charge in [-0.25, -0.2) is 4.39 Å². The topological polar surface area (TPSA) is 34.1 Å². The second kappa shape index (κ2) is 5.41. The van der Waals surface area contributed by atoms with Crippen molar-refractivity contribution in [3.8, 4) is 11.5 Å². The van der Waals surface area contributed by atoms with Crippen molar-refractivity contribution in [2.24, 2.45) is 0 Å². The number of benzene rings is 1. The number of hydrogen-bond donors (Lipinski definition) is 1. The molecule has 2 aromatic rings. The molecule has 4 heteroatoms. The fourth-order valence-electron chi connectivity index (χ4n) is 1.53. The Bertz CT molecular complexity index is 488. The highest BCUT2D eigenvalue weighted by atomic mass is 19.1. The van der Waals surface area contributed by atoms with E-state index in [1.807, 2.05) is 7.05 Å². The summed E-state index contributed by atoms with van der Waals surface area (Å²) in [6, 6.07) is 8.17. The van der Waals surface area contributed by atoms with E-state index in [4.69, 9.17) is 4.74 Å². The number of ether oxygens (including phenoxy) is 1. The molecule has 0 radical (unpaired) electrons. The van der Waals surface area contributed by atoms with Gasteiger partial charge in [0.05, 0.1) is 6.20 Å². The Morgan fingerprint density at radius 1 is 1.29 bits per heavy atom. The van der Waals surface area contributed by atoms with E-state index < -0.39 is 0 Å². The lowest BCUT2D eigenvalue weighted by atomic mass is 10.2. The summed E-state index contributed by atoms with van der Waals surface area (Å²) in [4.78, 5) is 3.93. The van der Waals surface area contributed by atoms with Crippen molar-refractivity contribution in [3.63, 3.8) is 0 Å². The average Bonchev–Trinajstić information content (AvgIpc) is 2.30. The molecular weight excluding hydrogens is 219 g/mol. The predicted octanol–water partition coefficient (Wildman–Crippen LogP) is 2.73. The standard InChI is InChI=1S/C13H13FN2O/c1-15-8-10-5-11(14)7-13(6-10)17-12-3-2-4-16-9-12/h2-7,9,15H,8H2,1H3. The summed E-state index contributed by atoms with van der Waals surface area (Å²) in [7, 11) is 1.81. The Labute approximate surface area is 99.3 Å². The van der Waals surface area contributed by atoms with E-state index in [0.29, 0.717) is 18.0 Å². The zero-order valence-corrected chi connectivity index (χ0v) is 9.48.